The van der Waals surface area contributed by atoms with Crippen LogP contribution in [0.4, 0.5) is 8.78 Å². The molecule has 1 aromatic rings. The smallest absolute Gasteiger partial charge is 0.339 e. The number of pyridine rings is 1. The van der Waals surface area contributed by atoms with Gasteiger partial charge in [0.25, 0.3) is 6.43 Å². The zero-order valence-electron chi connectivity index (χ0n) is 9.61. The van der Waals surface area contributed by atoms with E-state index in [1.54, 1.807) is 13.8 Å². The Morgan fingerprint density at radius 3 is 2.65 bits per heavy atom. The van der Waals surface area contributed by atoms with Gasteiger partial charge in [0.1, 0.15) is 0 Å². The minimum Gasteiger partial charge on any atom is -0.459 e. The number of rotatable bonds is 4. The molecule has 0 aliphatic rings. The molecule has 3 nitrogen and oxygen atoms in total. The lowest BCUT2D eigenvalue weighted by atomic mass is 10.1. The van der Waals surface area contributed by atoms with Gasteiger partial charge in [0.05, 0.1) is 17.4 Å². The lowest BCUT2D eigenvalue weighted by Gasteiger charge is -2.09. The highest BCUT2D eigenvalue weighted by atomic mass is 19.3. The molecule has 0 aromatic carbocycles. The van der Waals surface area contributed by atoms with Gasteiger partial charge in [-0.15, -0.1) is 0 Å². The van der Waals surface area contributed by atoms with Crippen molar-refractivity contribution in [2.24, 2.45) is 0 Å². The second kappa shape index (κ2) is 5.52. The lowest BCUT2D eigenvalue weighted by Crippen LogP contribution is -2.12. The Hall–Kier alpha value is -1.78. The fourth-order valence-electron chi connectivity index (χ4n) is 1.23. The average molecular weight is 241 g/mol. The molecule has 0 saturated heterocycles. The maximum atomic E-state index is 12.7. The Balaban J connectivity index is 3.07. The molecule has 0 saturated carbocycles. The van der Waals surface area contributed by atoms with Crippen LogP contribution in [0.2, 0.25) is 0 Å². The quantitative estimate of drug-likeness (QED) is 0.760. The van der Waals surface area contributed by atoms with Gasteiger partial charge < -0.3 is 4.74 Å². The minimum atomic E-state index is -2.71. The molecule has 0 unspecified atom stereocenters. The normalized spacial score (nSPS) is 10.7. The number of hydrogen-bond acceptors (Lipinski definition) is 3. The topological polar surface area (TPSA) is 39.2 Å². The predicted molar refractivity (Wildman–Crippen MR) is 59.8 cm³/mol. The number of carbonyl (C=O) groups excluding carboxylic acids is 1. The van der Waals surface area contributed by atoms with Crippen LogP contribution >= 0.6 is 0 Å². The van der Waals surface area contributed by atoms with E-state index in [4.69, 9.17) is 4.74 Å². The highest BCUT2D eigenvalue weighted by Gasteiger charge is 2.17. The molecule has 1 heterocycles. The van der Waals surface area contributed by atoms with E-state index in [0.29, 0.717) is 0 Å². The van der Waals surface area contributed by atoms with Gasteiger partial charge in [-0.1, -0.05) is 6.58 Å². The van der Waals surface area contributed by atoms with E-state index in [1.807, 2.05) is 0 Å². The molecule has 0 amide bonds. The second-order valence-corrected chi connectivity index (χ2v) is 3.66. The maximum Gasteiger partial charge on any atom is 0.339 e. The first kappa shape index (κ1) is 13.3. The molecule has 0 N–H and O–H groups in total. The number of nitrogens with zero attached hydrogens (tertiary/aromatic N) is 1. The third-order valence-corrected chi connectivity index (χ3v) is 1.96. The number of esters is 1. The first-order chi connectivity index (χ1) is 7.95. The fourth-order valence-corrected chi connectivity index (χ4v) is 1.23. The minimum absolute atomic E-state index is 0.0135. The maximum absolute atomic E-state index is 12.7. The van der Waals surface area contributed by atoms with E-state index in [9.17, 15) is 13.6 Å². The number of carbonyl (C=O) groups is 1. The monoisotopic (exact) mass is 241 g/mol. The third-order valence-electron chi connectivity index (χ3n) is 1.96. The number of ether oxygens (including phenoxy) is 1. The molecule has 92 valence electrons. The van der Waals surface area contributed by atoms with Crippen molar-refractivity contribution in [1.82, 2.24) is 4.98 Å². The highest BCUT2D eigenvalue weighted by molar-refractivity contribution is 5.89. The molecule has 0 aliphatic heterocycles. The van der Waals surface area contributed by atoms with Gasteiger partial charge in [-0.3, -0.25) is 4.98 Å². The van der Waals surface area contributed by atoms with Crippen LogP contribution in [0.15, 0.2) is 18.8 Å². The summed E-state index contributed by atoms with van der Waals surface area (Å²) >= 11 is 0. The lowest BCUT2D eigenvalue weighted by molar-refractivity contribution is 0.0377. The van der Waals surface area contributed by atoms with Crippen LogP contribution in [0, 0.1) is 0 Å². The Kier molecular flexibility index (Phi) is 4.31. The SMILES string of the molecule is C=Cc1ncc(C(=O)OC(C)C)cc1C(F)F. The molecular formula is C12H13F2NO2. The van der Waals surface area contributed by atoms with Crippen LogP contribution in [0.5, 0.6) is 0 Å². The standard InChI is InChI=1S/C12H13F2NO2/c1-4-10-9(11(13)14)5-8(6-15-10)12(16)17-7(2)3/h4-7,11H,1H2,2-3H3. The van der Waals surface area contributed by atoms with Crippen molar-refractivity contribution >= 4 is 12.0 Å². The Bertz CT molecular complexity index is 431. The van der Waals surface area contributed by atoms with Gasteiger partial charge >= 0.3 is 5.97 Å². The molecule has 0 spiro atoms. The summed E-state index contributed by atoms with van der Waals surface area (Å²) in [7, 11) is 0. The van der Waals surface area contributed by atoms with E-state index in [2.05, 4.69) is 11.6 Å². The molecule has 0 fully saturated rings. The van der Waals surface area contributed by atoms with Gasteiger partial charge in [0, 0.05) is 11.8 Å². The van der Waals surface area contributed by atoms with Crippen molar-refractivity contribution in [2.75, 3.05) is 0 Å². The van der Waals surface area contributed by atoms with E-state index < -0.39 is 12.4 Å². The molecule has 5 heteroatoms. The van der Waals surface area contributed by atoms with Crippen LogP contribution in [0.3, 0.4) is 0 Å². The van der Waals surface area contributed by atoms with Crippen molar-refractivity contribution < 1.29 is 18.3 Å². The molecule has 17 heavy (non-hydrogen) atoms. The average Bonchev–Trinajstić information content (AvgIpc) is 2.27. The number of aromatic nitrogens is 1. The summed E-state index contributed by atoms with van der Waals surface area (Å²) in [5.41, 5.74) is -0.237. The van der Waals surface area contributed by atoms with Crippen LogP contribution in [-0.4, -0.2) is 17.1 Å². The number of hydrogen-bond donors (Lipinski definition) is 0. The molecule has 0 atom stereocenters. The van der Waals surface area contributed by atoms with Gasteiger partial charge in [-0.05, 0) is 26.0 Å². The zero-order chi connectivity index (χ0) is 13.0. The molecule has 0 radical (unpaired) electrons. The first-order valence-corrected chi connectivity index (χ1v) is 5.07. The van der Waals surface area contributed by atoms with Crippen molar-refractivity contribution in [1.29, 1.82) is 0 Å². The molecule has 1 rings (SSSR count). The van der Waals surface area contributed by atoms with Crippen LogP contribution < -0.4 is 0 Å². The summed E-state index contributed by atoms with van der Waals surface area (Å²) in [4.78, 5) is 15.2. The summed E-state index contributed by atoms with van der Waals surface area (Å²) in [6.45, 7) is 6.74. The number of alkyl halides is 2. The predicted octanol–water partition coefficient (Wildman–Crippen LogP) is 3.23. The molecular weight excluding hydrogens is 228 g/mol. The summed E-state index contributed by atoms with van der Waals surface area (Å²) in [6, 6.07) is 1.08. The van der Waals surface area contributed by atoms with Crippen LogP contribution in [0.25, 0.3) is 6.08 Å². The van der Waals surface area contributed by atoms with Crippen molar-refractivity contribution in [3.8, 4) is 0 Å². The Morgan fingerprint density at radius 2 is 2.18 bits per heavy atom. The van der Waals surface area contributed by atoms with Crippen LogP contribution in [0.1, 0.15) is 41.9 Å². The fraction of sp³-hybridized carbons (Fsp3) is 0.333. The Morgan fingerprint density at radius 1 is 1.53 bits per heavy atom. The van der Waals surface area contributed by atoms with Crippen LogP contribution in [-0.2, 0) is 4.74 Å². The van der Waals surface area contributed by atoms with E-state index in [-0.39, 0.29) is 22.9 Å². The number of halogens is 2. The zero-order valence-corrected chi connectivity index (χ0v) is 9.61. The van der Waals surface area contributed by atoms with Crippen molar-refractivity contribution in [3.63, 3.8) is 0 Å². The van der Waals surface area contributed by atoms with Gasteiger partial charge in [0.15, 0.2) is 0 Å². The molecule has 0 aliphatic carbocycles. The van der Waals surface area contributed by atoms with Gasteiger partial charge in [-0.25, -0.2) is 13.6 Å². The van der Waals surface area contributed by atoms with Crippen molar-refractivity contribution in [2.45, 2.75) is 26.4 Å². The second-order valence-electron chi connectivity index (χ2n) is 3.66. The van der Waals surface area contributed by atoms with Crippen molar-refractivity contribution in [3.05, 3.63) is 35.7 Å². The summed E-state index contributed by atoms with van der Waals surface area (Å²) in [6.07, 6.45) is -0.592. The summed E-state index contributed by atoms with van der Waals surface area (Å²) < 4.78 is 30.3. The van der Waals surface area contributed by atoms with E-state index >= 15 is 0 Å². The third kappa shape index (κ3) is 3.34. The molecule has 0 bridgehead atoms. The molecule has 1 aromatic heterocycles. The van der Waals surface area contributed by atoms with E-state index in [1.165, 1.54) is 12.3 Å². The van der Waals surface area contributed by atoms with Gasteiger partial charge in [-0.2, -0.15) is 0 Å². The van der Waals surface area contributed by atoms with Gasteiger partial charge in [0.2, 0.25) is 0 Å². The Labute approximate surface area is 98.1 Å². The summed E-state index contributed by atoms with van der Waals surface area (Å²) in [5.74, 6) is -0.662. The van der Waals surface area contributed by atoms with E-state index in [0.717, 1.165) is 6.07 Å². The summed E-state index contributed by atoms with van der Waals surface area (Å²) in [5, 5.41) is 0. The first-order valence-electron chi connectivity index (χ1n) is 5.07. The largest absolute Gasteiger partial charge is 0.459 e. The highest BCUT2D eigenvalue weighted by Crippen LogP contribution is 2.23.